The van der Waals surface area contributed by atoms with Crippen LogP contribution in [0.25, 0.3) is 0 Å². The lowest BCUT2D eigenvalue weighted by atomic mass is 9.90. The van der Waals surface area contributed by atoms with Gasteiger partial charge in [-0.1, -0.05) is 18.2 Å². The molecule has 2 aliphatic rings. The summed E-state index contributed by atoms with van der Waals surface area (Å²) in [6, 6.07) is 5.16. The minimum Gasteiger partial charge on any atom is -0.370 e. The second-order valence-corrected chi connectivity index (χ2v) is 9.52. The van der Waals surface area contributed by atoms with Crippen molar-refractivity contribution in [2.45, 2.75) is 38.1 Å². The number of imide groups is 1. The van der Waals surface area contributed by atoms with E-state index < -0.39 is 44.7 Å². The number of aryl methyl sites for hydroxylation is 2. The maximum Gasteiger partial charge on any atom is 0.325 e. The van der Waals surface area contributed by atoms with E-state index in [0.29, 0.717) is 5.56 Å². The molecule has 8 nitrogen and oxygen atoms in total. The zero-order valence-electron chi connectivity index (χ0n) is 15.2. The molecular weight excluding hydrogens is 370 g/mol. The summed E-state index contributed by atoms with van der Waals surface area (Å²) >= 11 is 0. The van der Waals surface area contributed by atoms with Gasteiger partial charge in [-0.05, 0) is 42.9 Å². The lowest BCUT2D eigenvalue weighted by Crippen LogP contribution is -2.41. The van der Waals surface area contributed by atoms with Gasteiger partial charge in [-0.15, -0.1) is 0 Å². The number of hydrogen-bond donors (Lipinski definition) is 2. The van der Waals surface area contributed by atoms with Gasteiger partial charge in [-0.25, -0.2) is 13.2 Å². The summed E-state index contributed by atoms with van der Waals surface area (Å²) in [5.74, 6) is -1.98. The highest BCUT2D eigenvalue weighted by atomic mass is 32.2. The summed E-state index contributed by atoms with van der Waals surface area (Å²) in [5.41, 5.74) is 6.89. The highest BCUT2D eigenvalue weighted by molar-refractivity contribution is 7.91. The Kier molecular flexibility index (Phi) is 4.98. The van der Waals surface area contributed by atoms with Gasteiger partial charge in [0, 0.05) is 13.0 Å². The van der Waals surface area contributed by atoms with Crippen LogP contribution in [0.2, 0.25) is 0 Å². The molecule has 1 heterocycles. The average molecular weight is 393 g/mol. The second kappa shape index (κ2) is 6.95. The molecular formula is C18H23N3O5S. The number of urea groups is 1. The first-order chi connectivity index (χ1) is 12.6. The molecule has 1 aliphatic carbocycles. The Labute approximate surface area is 158 Å². The molecule has 3 N–H and O–H groups in total. The van der Waals surface area contributed by atoms with Crippen molar-refractivity contribution in [1.29, 1.82) is 0 Å². The van der Waals surface area contributed by atoms with Gasteiger partial charge in [0.25, 0.3) is 5.91 Å². The van der Waals surface area contributed by atoms with Gasteiger partial charge >= 0.3 is 6.03 Å². The van der Waals surface area contributed by atoms with Crippen LogP contribution in [0.15, 0.2) is 18.2 Å². The SMILES string of the molecule is C[C@@]1(c2ccc3c(c2)CCC3)NC(=O)N(CCS(=O)(=O)CCC(N)=O)C1=O. The van der Waals surface area contributed by atoms with E-state index in [0.717, 1.165) is 24.2 Å². The number of rotatable bonds is 7. The molecule has 9 heteroatoms. The van der Waals surface area contributed by atoms with Gasteiger partial charge < -0.3 is 11.1 Å². The number of carbonyl (C=O) groups is 3. The number of hydrogen-bond acceptors (Lipinski definition) is 5. The Bertz CT molecular complexity index is 912. The Morgan fingerprint density at radius 3 is 2.63 bits per heavy atom. The van der Waals surface area contributed by atoms with E-state index in [1.165, 1.54) is 11.1 Å². The molecule has 3 rings (SSSR count). The maximum atomic E-state index is 12.9. The van der Waals surface area contributed by atoms with E-state index in [-0.39, 0.29) is 13.0 Å². The molecule has 1 fully saturated rings. The summed E-state index contributed by atoms with van der Waals surface area (Å²) < 4.78 is 24.0. The zero-order valence-corrected chi connectivity index (χ0v) is 16.0. The summed E-state index contributed by atoms with van der Waals surface area (Å²) in [6.07, 6.45) is 2.76. The fraction of sp³-hybridized carbons (Fsp3) is 0.500. The Balaban J connectivity index is 1.74. The van der Waals surface area contributed by atoms with E-state index >= 15 is 0 Å². The number of primary amides is 1. The molecule has 1 saturated heterocycles. The van der Waals surface area contributed by atoms with Crippen LogP contribution < -0.4 is 11.1 Å². The molecule has 1 aliphatic heterocycles. The molecule has 4 amide bonds. The van der Waals surface area contributed by atoms with Crippen molar-refractivity contribution in [3.63, 3.8) is 0 Å². The molecule has 1 aromatic carbocycles. The smallest absolute Gasteiger partial charge is 0.325 e. The fourth-order valence-electron chi connectivity index (χ4n) is 3.57. The lowest BCUT2D eigenvalue weighted by molar-refractivity contribution is -0.130. The van der Waals surface area contributed by atoms with Gasteiger partial charge in [-0.2, -0.15) is 0 Å². The first kappa shape index (κ1) is 19.3. The molecule has 1 aromatic rings. The summed E-state index contributed by atoms with van der Waals surface area (Å²) in [7, 11) is -3.60. The van der Waals surface area contributed by atoms with Crippen molar-refractivity contribution in [1.82, 2.24) is 10.2 Å². The minimum absolute atomic E-state index is 0.258. The van der Waals surface area contributed by atoms with E-state index in [1.54, 1.807) is 6.92 Å². The first-order valence-corrected chi connectivity index (χ1v) is 10.7. The number of amides is 4. The quantitative estimate of drug-likeness (QED) is 0.641. The monoisotopic (exact) mass is 393 g/mol. The van der Waals surface area contributed by atoms with Crippen LogP contribution >= 0.6 is 0 Å². The molecule has 0 unspecified atom stereocenters. The van der Waals surface area contributed by atoms with Gasteiger partial charge in [0.05, 0.1) is 11.5 Å². The number of nitrogens with one attached hydrogen (secondary N) is 1. The third-order valence-corrected chi connectivity index (χ3v) is 6.87. The van der Waals surface area contributed by atoms with E-state index in [1.807, 2.05) is 18.2 Å². The van der Waals surface area contributed by atoms with Crippen LogP contribution in [0.1, 0.15) is 36.5 Å². The standard InChI is InChI=1S/C18H23N3O5S/c1-18(14-6-5-12-3-2-4-13(12)11-14)16(23)21(17(24)20-18)8-10-27(25,26)9-7-15(19)22/h5-6,11H,2-4,7-10H2,1H3,(H2,19,22)(H,20,24)/t18-/m0/s1. The number of sulfone groups is 1. The molecule has 0 spiro atoms. The van der Waals surface area contributed by atoms with E-state index in [9.17, 15) is 22.8 Å². The number of benzene rings is 1. The number of fused-ring (bicyclic) bond motifs is 1. The van der Waals surface area contributed by atoms with Gasteiger partial charge in [0.15, 0.2) is 9.84 Å². The Morgan fingerprint density at radius 2 is 1.93 bits per heavy atom. The fourth-order valence-corrected chi connectivity index (χ4v) is 4.74. The Hall–Kier alpha value is -2.42. The van der Waals surface area contributed by atoms with Gasteiger partial charge in [-0.3, -0.25) is 14.5 Å². The van der Waals surface area contributed by atoms with Crippen LogP contribution in [-0.4, -0.2) is 49.2 Å². The van der Waals surface area contributed by atoms with Crippen LogP contribution in [0.5, 0.6) is 0 Å². The first-order valence-electron chi connectivity index (χ1n) is 8.87. The number of nitrogens with two attached hydrogens (primary N) is 1. The van der Waals surface area contributed by atoms with Crippen LogP contribution in [0.3, 0.4) is 0 Å². The highest BCUT2D eigenvalue weighted by Crippen LogP contribution is 2.32. The van der Waals surface area contributed by atoms with Crippen LogP contribution in [0, 0.1) is 0 Å². The molecule has 27 heavy (non-hydrogen) atoms. The predicted molar refractivity (Wildman–Crippen MR) is 98.5 cm³/mol. The highest BCUT2D eigenvalue weighted by Gasteiger charge is 2.49. The summed E-state index contributed by atoms with van der Waals surface area (Å²) in [4.78, 5) is 36.9. The third kappa shape index (κ3) is 3.83. The lowest BCUT2D eigenvalue weighted by Gasteiger charge is -2.23. The van der Waals surface area contributed by atoms with Crippen molar-refractivity contribution < 1.29 is 22.8 Å². The van der Waals surface area contributed by atoms with Crippen molar-refractivity contribution in [2.24, 2.45) is 5.73 Å². The summed E-state index contributed by atoms with van der Waals surface area (Å²) in [5, 5.41) is 2.69. The van der Waals surface area contributed by atoms with E-state index in [2.05, 4.69) is 5.32 Å². The van der Waals surface area contributed by atoms with Gasteiger partial charge in [0.1, 0.15) is 5.54 Å². The Morgan fingerprint density at radius 1 is 1.22 bits per heavy atom. The molecule has 0 aromatic heterocycles. The second-order valence-electron chi connectivity index (χ2n) is 7.22. The molecule has 0 saturated carbocycles. The predicted octanol–water partition coefficient (Wildman–Crippen LogP) is 0.233. The van der Waals surface area contributed by atoms with E-state index in [4.69, 9.17) is 5.73 Å². The minimum atomic E-state index is -3.60. The van der Waals surface area contributed by atoms with Crippen LogP contribution in [-0.2, 0) is 37.8 Å². The number of nitrogens with zero attached hydrogens (tertiary/aromatic N) is 1. The summed E-state index contributed by atoms with van der Waals surface area (Å²) in [6.45, 7) is 1.37. The zero-order chi connectivity index (χ0) is 19.8. The normalized spacial score (nSPS) is 22.0. The van der Waals surface area contributed by atoms with Gasteiger partial charge in [0.2, 0.25) is 5.91 Å². The molecule has 146 valence electrons. The topological polar surface area (TPSA) is 127 Å². The average Bonchev–Trinajstić information content (AvgIpc) is 3.15. The largest absolute Gasteiger partial charge is 0.370 e. The van der Waals surface area contributed by atoms with Crippen LogP contribution in [0.4, 0.5) is 4.79 Å². The van der Waals surface area contributed by atoms with Crippen molar-refractivity contribution >= 4 is 27.7 Å². The number of carbonyl (C=O) groups excluding carboxylic acids is 3. The molecule has 0 radical (unpaired) electrons. The molecule has 0 bridgehead atoms. The van der Waals surface area contributed by atoms with Crippen molar-refractivity contribution in [3.8, 4) is 0 Å². The van der Waals surface area contributed by atoms with Crippen molar-refractivity contribution in [3.05, 3.63) is 34.9 Å². The molecule has 1 atom stereocenters. The van der Waals surface area contributed by atoms with Crippen molar-refractivity contribution in [2.75, 3.05) is 18.1 Å². The third-order valence-electron chi connectivity index (χ3n) is 5.24. The maximum absolute atomic E-state index is 12.9.